The number of nitrogens with two attached hydrogens (primary N) is 1. The number of hydrogen-bond donors (Lipinski definition) is 3. The van der Waals surface area contributed by atoms with Crippen LogP contribution >= 0.6 is 11.9 Å². The predicted octanol–water partition coefficient (Wildman–Crippen LogP) is 4.66. The van der Waals surface area contributed by atoms with Gasteiger partial charge in [-0.15, -0.1) is 0 Å². The molecule has 16 nitrogen and oxygen atoms in total. The van der Waals surface area contributed by atoms with Crippen molar-refractivity contribution >= 4 is 53.4 Å². The van der Waals surface area contributed by atoms with E-state index in [1.165, 1.54) is 46.5 Å². The summed E-state index contributed by atoms with van der Waals surface area (Å²) in [6, 6.07) is 11.4. The summed E-state index contributed by atoms with van der Waals surface area (Å²) < 4.78 is 27.0. The maximum absolute atomic E-state index is 15.6. The number of rotatable bonds is 17. The predicted molar refractivity (Wildman–Crippen MR) is 227 cm³/mol. The first-order valence-electron chi connectivity index (χ1n) is 19.3. The molecule has 2 aromatic carbocycles. The van der Waals surface area contributed by atoms with E-state index < -0.39 is 5.82 Å². The highest BCUT2D eigenvalue weighted by Gasteiger charge is 2.23. The number of hydrogen-bond acceptors (Lipinski definition) is 12. The number of ether oxygens (including phenoxy) is 1. The van der Waals surface area contributed by atoms with E-state index in [-0.39, 0.29) is 36.2 Å². The first-order chi connectivity index (χ1) is 28.1. The van der Waals surface area contributed by atoms with Crippen LogP contribution in [0.4, 0.5) is 15.9 Å². The van der Waals surface area contributed by atoms with Gasteiger partial charge in [0.05, 0.1) is 17.8 Å². The maximum Gasteiger partial charge on any atom is 0.221 e. The number of likely N-dealkylation sites (tertiary alicyclic amines) is 1. The molecule has 0 unspecified atom stereocenters. The third kappa shape index (κ3) is 10.7. The molecule has 2 amide bonds. The topological polar surface area (TPSA) is 180 Å². The van der Waals surface area contributed by atoms with Crippen molar-refractivity contribution in [3.8, 4) is 17.0 Å². The number of aryl methyl sites for hydroxylation is 1. The first-order valence-corrected chi connectivity index (χ1v) is 20.0. The fraction of sp³-hybridized carbons (Fsp3) is 0.425. The zero-order valence-corrected chi connectivity index (χ0v) is 34.9. The number of piperidine rings is 1. The van der Waals surface area contributed by atoms with Crippen molar-refractivity contribution < 1.29 is 18.7 Å². The zero-order chi connectivity index (χ0) is 41.8. The molecule has 1 fully saturated rings. The van der Waals surface area contributed by atoms with E-state index in [1.54, 1.807) is 25.5 Å². The van der Waals surface area contributed by atoms with Crippen LogP contribution in [0.25, 0.3) is 22.2 Å². The summed E-state index contributed by atoms with van der Waals surface area (Å²) in [7, 11) is 6.99. The Hall–Kier alpha value is -5.43. The molecule has 0 radical (unpaired) electrons. The van der Waals surface area contributed by atoms with E-state index in [2.05, 4.69) is 69.5 Å². The Morgan fingerprint density at radius 1 is 1.21 bits per heavy atom. The summed E-state index contributed by atoms with van der Waals surface area (Å²) in [4.78, 5) is 37.5. The van der Waals surface area contributed by atoms with Crippen LogP contribution in [-0.2, 0) is 16.6 Å². The number of aromatic nitrogens is 6. The van der Waals surface area contributed by atoms with E-state index in [0.717, 1.165) is 67.6 Å². The number of carbonyl (C=O) groups is 2. The smallest absolute Gasteiger partial charge is 0.221 e. The molecule has 0 atom stereocenters. The van der Waals surface area contributed by atoms with Gasteiger partial charge < -0.3 is 20.7 Å². The third-order valence-electron chi connectivity index (χ3n) is 9.74. The number of carbonyl (C=O) groups excluding carboxylic acids is 2. The normalized spacial score (nSPS) is 13.8. The molecule has 18 heteroatoms. The number of H-pyrrole nitrogens is 1. The van der Waals surface area contributed by atoms with Gasteiger partial charge in [-0.05, 0) is 121 Å². The van der Waals surface area contributed by atoms with Gasteiger partial charge in [-0.3, -0.25) is 24.3 Å². The van der Waals surface area contributed by atoms with E-state index in [1.807, 2.05) is 44.8 Å². The van der Waals surface area contributed by atoms with Crippen molar-refractivity contribution in [1.29, 1.82) is 0 Å². The molecule has 58 heavy (non-hydrogen) atoms. The van der Waals surface area contributed by atoms with Crippen LogP contribution in [0, 0.1) is 5.82 Å². The lowest BCUT2D eigenvalue weighted by atomic mass is 9.89. The Morgan fingerprint density at radius 2 is 1.98 bits per heavy atom. The van der Waals surface area contributed by atoms with Gasteiger partial charge in [0.2, 0.25) is 17.8 Å². The van der Waals surface area contributed by atoms with Crippen LogP contribution < -0.4 is 26.2 Å². The second-order valence-corrected chi connectivity index (χ2v) is 15.2. The summed E-state index contributed by atoms with van der Waals surface area (Å²) in [5, 5.41) is 18.9. The van der Waals surface area contributed by atoms with Gasteiger partial charge >= 0.3 is 0 Å². The molecule has 1 aliphatic rings. The van der Waals surface area contributed by atoms with Gasteiger partial charge in [-0.2, -0.15) is 15.3 Å². The minimum absolute atomic E-state index is 0.126. The van der Waals surface area contributed by atoms with Crippen molar-refractivity contribution in [2.75, 3.05) is 58.8 Å². The Balaban J connectivity index is 0.00000315. The van der Waals surface area contributed by atoms with E-state index in [0.29, 0.717) is 28.7 Å². The van der Waals surface area contributed by atoms with Crippen molar-refractivity contribution in [3.05, 3.63) is 72.0 Å². The molecule has 3 aromatic heterocycles. The van der Waals surface area contributed by atoms with Gasteiger partial charge in [0, 0.05) is 62.4 Å². The summed E-state index contributed by atoms with van der Waals surface area (Å²) in [5.41, 5.74) is 8.35. The number of amides is 2. The van der Waals surface area contributed by atoms with Crippen LogP contribution in [0.3, 0.4) is 0 Å². The van der Waals surface area contributed by atoms with Gasteiger partial charge in [0.1, 0.15) is 23.5 Å². The Kier molecular flexibility index (Phi) is 15.7. The lowest BCUT2D eigenvalue weighted by Gasteiger charge is -2.32. The summed E-state index contributed by atoms with van der Waals surface area (Å²) >= 11 is 1.50. The monoisotopic (exact) mass is 815 g/mol. The second-order valence-electron chi connectivity index (χ2n) is 14.0. The highest BCUT2D eigenvalue weighted by Crippen LogP contribution is 2.34. The molecule has 4 N–H and O–H groups in total. The number of halogens is 1. The van der Waals surface area contributed by atoms with Crippen LogP contribution in [0.2, 0.25) is 0 Å². The van der Waals surface area contributed by atoms with Crippen LogP contribution in [0.1, 0.15) is 51.0 Å². The van der Waals surface area contributed by atoms with Gasteiger partial charge in [0.25, 0.3) is 0 Å². The number of anilines is 1. The lowest BCUT2D eigenvalue weighted by molar-refractivity contribution is -0.120. The first kappa shape index (κ1) is 43.7. The molecule has 1 saturated heterocycles. The molecular weight excluding hydrogens is 762 g/mol. The number of benzene rings is 2. The second kappa shape index (κ2) is 20.8. The minimum Gasteiger partial charge on any atom is -0.485 e. The highest BCUT2D eigenvalue weighted by molar-refractivity contribution is 7.97. The van der Waals surface area contributed by atoms with Gasteiger partial charge in [-0.25, -0.2) is 23.3 Å². The molecule has 310 valence electrons. The third-order valence-corrected chi connectivity index (χ3v) is 10.7. The SMILES string of the molecule is C=Nn1cnc(-c2cn[nH]c2)c(OC(C)C)c1=Nc1ccc(SN(C)CCCN2CCC(c3ccc4c(N(C=O)CCC(=O)NC)nn(C)c4c3)CC2)cc1F.CN. The zero-order valence-electron chi connectivity index (χ0n) is 34.1. The summed E-state index contributed by atoms with van der Waals surface area (Å²) in [6.07, 6.45) is 8.63. The van der Waals surface area contributed by atoms with Crippen molar-refractivity contribution in [1.82, 2.24) is 44.2 Å². The Labute approximate surface area is 342 Å². The number of nitrogens with one attached hydrogen (secondary N) is 2. The molecule has 1 aliphatic heterocycles. The van der Waals surface area contributed by atoms with Crippen LogP contribution in [-0.4, -0.2) is 118 Å². The van der Waals surface area contributed by atoms with E-state index in [4.69, 9.17) is 4.74 Å². The molecule has 0 spiro atoms. The largest absolute Gasteiger partial charge is 0.485 e. The molecule has 4 heterocycles. The minimum atomic E-state index is -0.470. The van der Waals surface area contributed by atoms with Gasteiger partial charge in [-0.1, -0.05) is 6.07 Å². The summed E-state index contributed by atoms with van der Waals surface area (Å²) in [5.74, 6) is 0.758. The van der Waals surface area contributed by atoms with Crippen molar-refractivity contribution in [2.45, 2.75) is 56.4 Å². The van der Waals surface area contributed by atoms with Crippen LogP contribution in [0.15, 0.2) is 70.1 Å². The maximum atomic E-state index is 15.6. The number of fused-ring (bicyclic) bond motifs is 1. The molecule has 0 aliphatic carbocycles. The number of aromatic amines is 1. The average molecular weight is 816 g/mol. The molecule has 5 aromatic rings. The standard InChI is InChI=1S/C39H49FN12O3S.CH5N/c1-26(2)55-37-36(29-22-44-45-23-29)43-24-52(42-4)39(37)46-33-11-9-30(21-32(33)40)56-48(5)15-7-16-50-17-12-27(13-18-50)28-8-10-31-34(20-28)49(6)47-38(31)51(25-53)19-14-35(54)41-3;1-2/h8-11,20-27H,4,7,12-19H2,1-3,5-6H3,(H,41,54)(H,44,45);2H2,1H3. The van der Waals surface area contributed by atoms with Crippen molar-refractivity contribution in [2.24, 2.45) is 22.9 Å². The van der Waals surface area contributed by atoms with Crippen LogP contribution in [0.5, 0.6) is 5.75 Å². The average Bonchev–Trinajstić information content (AvgIpc) is 3.88. The van der Waals surface area contributed by atoms with E-state index in [9.17, 15) is 9.59 Å². The summed E-state index contributed by atoms with van der Waals surface area (Å²) in [6.45, 7) is 11.5. The van der Waals surface area contributed by atoms with Crippen molar-refractivity contribution in [3.63, 3.8) is 0 Å². The molecule has 0 saturated carbocycles. The van der Waals surface area contributed by atoms with Gasteiger partial charge in [0.15, 0.2) is 11.6 Å². The molecular formula is C40H54FN13O3S. The molecule has 0 bridgehead atoms. The molecule has 6 rings (SSSR count). The lowest BCUT2D eigenvalue weighted by Crippen LogP contribution is -2.34. The fourth-order valence-electron chi connectivity index (χ4n) is 6.83. The number of nitrogens with zero attached hydrogens (tertiary/aromatic N) is 10. The fourth-order valence-corrected chi connectivity index (χ4v) is 7.70. The highest BCUT2D eigenvalue weighted by atomic mass is 32.2. The Morgan fingerprint density at radius 3 is 2.64 bits per heavy atom. The van der Waals surface area contributed by atoms with E-state index >= 15 is 4.39 Å². The Bertz CT molecular complexity index is 2220. The quantitative estimate of drug-likeness (QED) is 0.0679.